The van der Waals surface area contributed by atoms with Crippen molar-refractivity contribution in [1.29, 1.82) is 0 Å². The summed E-state index contributed by atoms with van der Waals surface area (Å²) in [5.41, 5.74) is 2.28. The summed E-state index contributed by atoms with van der Waals surface area (Å²) in [6.45, 7) is 2.08. The Hall–Kier alpha value is -3.03. The minimum atomic E-state index is -0.875. The van der Waals surface area contributed by atoms with Gasteiger partial charge in [-0.05, 0) is 42.3 Å². The van der Waals surface area contributed by atoms with Crippen molar-refractivity contribution in [3.05, 3.63) is 82.0 Å². The summed E-state index contributed by atoms with van der Waals surface area (Å²) >= 11 is 1.36. The van der Waals surface area contributed by atoms with Crippen LogP contribution in [0.5, 0.6) is 5.75 Å². The van der Waals surface area contributed by atoms with Crippen LogP contribution in [0.1, 0.15) is 5.56 Å². The number of benzene rings is 2. The number of ether oxygens (including phenoxy) is 1. The van der Waals surface area contributed by atoms with Gasteiger partial charge in [-0.3, -0.25) is 9.36 Å². The lowest BCUT2D eigenvalue weighted by Gasteiger charge is -2.14. The van der Waals surface area contributed by atoms with Gasteiger partial charge in [0, 0.05) is 10.9 Å². The fraction of sp³-hybridized carbons (Fsp3) is 0.182. The van der Waals surface area contributed by atoms with Crippen molar-refractivity contribution < 1.29 is 14.2 Å². The van der Waals surface area contributed by atoms with Gasteiger partial charge in [0.15, 0.2) is 0 Å². The van der Waals surface area contributed by atoms with E-state index in [-0.39, 0.29) is 24.5 Å². The predicted molar refractivity (Wildman–Crippen MR) is 112 cm³/mol. The van der Waals surface area contributed by atoms with Crippen LogP contribution in [0.25, 0.3) is 21.3 Å². The van der Waals surface area contributed by atoms with E-state index in [1.807, 2.05) is 36.6 Å². The van der Waals surface area contributed by atoms with E-state index in [0.717, 1.165) is 11.1 Å². The number of aryl methyl sites for hydroxylation is 1. The standard InChI is InChI=1S/C22H19FN2O3S/c1-14-3-2-4-18(9-14)28-11-17(26)10-25-13-24-21-20(22(25)27)19(12-29-21)15-5-7-16(23)8-6-15/h2-9,12-13,17,26H,10-11H2,1H3/t17-/m0/s1. The minimum Gasteiger partial charge on any atom is -0.491 e. The minimum absolute atomic E-state index is 0.0579. The Labute approximate surface area is 170 Å². The highest BCUT2D eigenvalue weighted by molar-refractivity contribution is 7.17. The molecule has 0 amide bonds. The molecule has 0 saturated heterocycles. The molecule has 7 heteroatoms. The van der Waals surface area contributed by atoms with Gasteiger partial charge in [-0.1, -0.05) is 24.3 Å². The molecule has 148 valence electrons. The summed E-state index contributed by atoms with van der Waals surface area (Å²) in [5.74, 6) is 0.335. The van der Waals surface area contributed by atoms with Crippen LogP contribution in [0.15, 0.2) is 65.0 Å². The van der Waals surface area contributed by atoms with Gasteiger partial charge in [0.05, 0.1) is 18.3 Å². The van der Waals surface area contributed by atoms with Crippen LogP contribution in [-0.2, 0) is 6.54 Å². The molecule has 0 fully saturated rings. The Morgan fingerprint density at radius 3 is 2.79 bits per heavy atom. The van der Waals surface area contributed by atoms with E-state index in [0.29, 0.717) is 21.5 Å². The zero-order valence-electron chi connectivity index (χ0n) is 15.7. The zero-order valence-corrected chi connectivity index (χ0v) is 16.5. The van der Waals surface area contributed by atoms with Crippen LogP contribution in [0.2, 0.25) is 0 Å². The van der Waals surface area contributed by atoms with E-state index in [1.165, 1.54) is 34.4 Å². The summed E-state index contributed by atoms with van der Waals surface area (Å²) in [6.07, 6.45) is 0.561. The third-order valence-electron chi connectivity index (χ3n) is 4.56. The number of fused-ring (bicyclic) bond motifs is 1. The van der Waals surface area contributed by atoms with E-state index in [4.69, 9.17) is 4.74 Å². The Morgan fingerprint density at radius 2 is 2.03 bits per heavy atom. The first-order valence-corrected chi connectivity index (χ1v) is 9.99. The van der Waals surface area contributed by atoms with E-state index in [2.05, 4.69) is 4.98 Å². The highest BCUT2D eigenvalue weighted by atomic mass is 32.1. The molecule has 5 nitrogen and oxygen atoms in total. The molecule has 0 saturated carbocycles. The van der Waals surface area contributed by atoms with Crippen molar-refractivity contribution in [2.75, 3.05) is 6.61 Å². The molecule has 29 heavy (non-hydrogen) atoms. The molecule has 2 aromatic carbocycles. The number of halogens is 1. The van der Waals surface area contributed by atoms with Gasteiger partial charge in [0.1, 0.15) is 29.1 Å². The van der Waals surface area contributed by atoms with Crippen molar-refractivity contribution in [3.63, 3.8) is 0 Å². The van der Waals surface area contributed by atoms with Crippen molar-refractivity contribution in [2.45, 2.75) is 19.6 Å². The second-order valence-corrected chi connectivity index (χ2v) is 7.68. The molecule has 1 atom stereocenters. The quantitative estimate of drug-likeness (QED) is 0.522. The van der Waals surface area contributed by atoms with Gasteiger partial charge < -0.3 is 9.84 Å². The number of rotatable bonds is 6. The number of aliphatic hydroxyl groups excluding tert-OH is 1. The normalized spacial score (nSPS) is 12.2. The van der Waals surface area contributed by atoms with Gasteiger partial charge in [-0.25, -0.2) is 9.37 Å². The molecular formula is C22H19FN2O3S. The maximum atomic E-state index is 13.2. The number of hydrogen-bond donors (Lipinski definition) is 1. The van der Waals surface area contributed by atoms with E-state index >= 15 is 0 Å². The molecule has 0 aliphatic heterocycles. The first-order chi connectivity index (χ1) is 14.0. The smallest absolute Gasteiger partial charge is 0.262 e. The van der Waals surface area contributed by atoms with Gasteiger partial charge in [0.2, 0.25) is 0 Å². The summed E-state index contributed by atoms with van der Waals surface area (Å²) < 4.78 is 20.2. The van der Waals surface area contributed by atoms with Crippen LogP contribution < -0.4 is 10.3 Å². The molecule has 0 aliphatic carbocycles. The topological polar surface area (TPSA) is 64.3 Å². The third-order valence-corrected chi connectivity index (χ3v) is 5.44. The molecular weight excluding hydrogens is 391 g/mol. The van der Waals surface area contributed by atoms with Gasteiger partial charge in [0.25, 0.3) is 5.56 Å². The fourth-order valence-electron chi connectivity index (χ4n) is 3.12. The number of thiophene rings is 1. The number of hydrogen-bond acceptors (Lipinski definition) is 5. The fourth-order valence-corrected chi connectivity index (χ4v) is 4.02. The molecule has 0 bridgehead atoms. The van der Waals surface area contributed by atoms with Crippen molar-refractivity contribution in [3.8, 4) is 16.9 Å². The first kappa shape index (κ1) is 19.3. The second-order valence-electron chi connectivity index (χ2n) is 6.82. The van der Waals surface area contributed by atoms with Crippen LogP contribution in [0.4, 0.5) is 4.39 Å². The van der Waals surface area contributed by atoms with Crippen molar-refractivity contribution in [1.82, 2.24) is 9.55 Å². The molecule has 0 radical (unpaired) electrons. The average Bonchev–Trinajstić information content (AvgIpc) is 3.14. The number of aromatic nitrogens is 2. The van der Waals surface area contributed by atoms with Gasteiger partial charge in [-0.15, -0.1) is 11.3 Å². The molecule has 0 aliphatic rings. The predicted octanol–water partition coefficient (Wildman–Crippen LogP) is 4.01. The largest absolute Gasteiger partial charge is 0.491 e. The second kappa shape index (κ2) is 8.14. The van der Waals surface area contributed by atoms with E-state index in [9.17, 15) is 14.3 Å². The van der Waals surface area contributed by atoms with Crippen LogP contribution in [-0.4, -0.2) is 27.4 Å². The molecule has 2 aromatic heterocycles. The lowest BCUT2D eigenvalue weighted by Crippen LogP contribution is -2.30. The maximum absolute atomic E-state index is 13.2. The van der Waals surface area contributed by atoms with E-state index < -0.39 is 6.10 Å². The Morgan fingerprint density at radius 1 is 1.24 bits per heavy atom. The summed E-state index contributed by atoms with van der Waals surface area (Å²) in [5, 5.41) is 12.7. The highest BCUT2D eigenvalue weighted by Gasteiger charge is 2.15. The van der Waals surface area contributed by atoms with Gasteiger partial charge in [-0.2, -0.15) is 0 Å². The Bertz CT molecular complexity index is 1200. The molecule has 1 N–H and O–H groups in total. The summed E-state index contributed by atoms with van der Waals surface area (Å²) in [4.78, 5) is 18.0. The lowest BCUT2D eigenvalue weighted by atomic mass is 10.1. The maximum Gasteiger partial charge on any atom is 0.262 e. The number of nitrogens with zero attached hydrogens (tertiary/aromatic N) is 2. The van der Waals surface area contributed by atoms with Crippen LogP contribution >= 0.6 is 11.3 Å². The Kier molecular flexibility index (Phi) is 5.42. The molecule has 0 spiro atoms. The Balaban J connectivity index is 1.56. The van der Waals surface area contributed by atoms with Crippen molar-refractivity contribution in [2.24, 2.45) is 0 Å². The monoisotopic (exact) mass is 410 g/mol. The van der Waals surface area contributed by atoms with Crippen LogP contribution in [0.3, 0.4) is 0 Å². The van der Waals surface area contributed by atoms with Crippen LogP contribution in [0, 0.1) is 12.7 Å². The SMILES string of the molecule is Cc1cccc(OC[C@@H](O)Cn2cnc3scc(-c4ccc(F)cc4)c3c2=O)c1. The number of aliphatic hydroxyl groups is 1. The zero-order chi connectivity index (χ0) is 20.4. The molecule has 4 rings (SSSR count). The summed E-state index contributed by atoms with van der Waals surface area (Å²) in [7, 11) is 0. The molecule has 2 heterocycles. The van der Waals surface area contributed by atoms with E-state index in [1.54, 1.807) is 12.1 Å². The average molecular weight is 410 g/mol. The molecule has 4 aromatic rings. The van der Waals surface area contributed by atoms with Crippen molar-refractivity contribution >= 4 is 21.6 Å². The third kappa shape index (κ3) is 4.21. The molecule has 0 unspecified atom stereocenters. The lowest BCUT2D eigenvalue weighted by molar-refractivity contribution is 0.0914. The highest BCUT2D eigenvalue weighted by Crippen LogP contribution is 2.30. The summed E-state index contributed by atoms with van der Waals surface area (Å²) in [6, 6.07) is 13.5. The first-order valence-electron chi connectivity index (χ1n) is 9.11. The van der Waals surface area contributed by atoms with Gasteiger partial charge >= 0.3 is 0 Å².